The molecule has 1 saturated heterocycles. The molecule has 0 bridgehead atoms. The van der Waals surface area contributed by atoms with Crippen LogP contribution >= 0.6 is 0 Å². The quantitative estimate of drug-likeness (QED) is 0.552. The van der Waals surface area contributed by atoms with E-state index < -0.39 is 0 Å². The maximum absolute atomic E-state index is 13.3. The number of pyridine rings is 1. The number of benzene rings is 1. The molecule has 27 heavy (non-hydrogen) atoms. The number of rotatable bonds is 2. The minimum absolute atomic E-state index is 0.102. The van der Waals surface area contributed by atoms with Crippen molar-refractivity contribution in [3.05, 3.63) is 66.2 Å². The van der Waals surface area contributed by atoms with E-state index in [1.54, 1.807) is 0 Å². The third-order valence-electron chi connectivity index (χ3n) is 5.54. The Hall–Kier alpha value is -3.15. The Balaban J connectivity index is 1.46. The first kappa shape index (κ1) is 16.1. The van der Waals surface area contributed by atoms with Crippen LogP contribution in [0.5, 0.6) is 0 Å². The Bertz CT molecular complexity index is 1140. The lowest BCUT2D eigenvalue weighted by Crippen LogP contribution is -2.39. The third-order valence-corrected chi connectivity index (χ3v) is 5.54. The maximum atomic E-state index is 13.3. The highest BCUT2D eigenvalue weighted by Gasteiger charge is 2.29. The molecule has 1 amide bonds. The third kappa shape index (κ3) is 2.60. The van der Waals surface area contributed by atoms with Gasteiger partial charge in [0.2, 0.25) is 0 Å². The van der Waals surface area contributed by atoms with Crippen LogP contribution in [0.2, 0.25) is 0 Å². The smallest absolute Gasteiger partial charge is 0.256 e. The zero-order valence-electron chi connectivity index (χ0n) is 15.2. The van der Waals surface area contributed by atoms with Crippen molar-refractivity contribution < 1.29 is 4.79 Å². The van der Waals surface area contributed by atoms with Crippen molar-refractivity contribution in [3.8, 4) is 0 Å². The predicted octanol–water partition coefficient (Wildman–Crippen LogP) is 3.24. The number of likely N-dealkylation sites (tertiary alicyclic amines) is 1. The molecule has 1 fully saturated rings. The van der Waals surface area contributed by atoms with Gasteiger partial charge in [-0.25, -0.2) is 0 Å². The summed E-state index contributed by atoms with van der Waals surface area (Å²) in [6, 6.07) is 14.0. The molecule has 0 saturated carbocycles. The Morgan fingerprint density at radius 3 is 2.89 bits per heavy atom. The van der Waals surface area contributed by atoms with Gasteiger partial charge < -0.3 is 9.47 Å². The molecule has 1 atom stereocenters. The topological polar surface area (TPSA) is 55.4 Å². The predicted molar refractivity (Wildman–Crippen MR) is 104 cm³/mol. The van der Waals surface area contributed by atoms with Gasteiger partial charge in [0.05, 0.1) is 5.56 Å². The van der Waals surface area contributed by atoms with E-state index in [2.05, 4.69) is 10.2 Å². The van der Waals surface area contributed by atoms with Crippen LogP contribution in [-0.2, 0) is 7.05 Å². The molecule has 6 nitrogen and oxygen atoms in total. The van der Waals surface area contributed by atoms with E-state index in [4.69, 9.17) is 0 Å². The standard InChI is InChI=1S/C21H21N5O/c1-24-14-17(16-8-2-3-9-18(16)24)21(27)25-11-6-7-15(13-25)20-23-22-19-10-4-5-12-26(19)20/h2-5,8-10,12,14-15H,6-7,11,13H2,1H3. The summed E-state index contributed by atoms with van der Waals surface area (Å²) in [6.45, 7) is 1.47. The van der Waals surface area contributed by atoms with Crippen LogP contribution < -0.4 is 0 Å². The van der Waals surface area contributed by atoms with Gasteiger partial charge in [0.15, 0.2) is 5.65 Å². The van der Waals surface area contributed by atoms with E-state index in [9.17, 15) is 4.79 Å². The van der Waals surface area contributed by atoms with Crippen LogP contribution in [0.15, 0.2) is 54.9 Å². The van der Waals surface area contributed by atoms with Crippen LogP contribution in [0.4, 0.5) is 0 Å². The Morgan fingerprint density at radius 2 is 1.96 bits per heavy atom. The van der Waals surface area contributed by atoms with Gasteiger partial charge in [-0.1, -0.05) is 24.3 Å². The van der Waals surface area contributed by atoms with Crippen molar-refractivity contribution in [2.45, 2.75) is 18.8 Å². The molecular formula is C21H21N5O. The average molecular weight is 359 g/mol. The summed E-state index contributed by atoms with van der Waals surface area (Å²) in [5, 5.41) is 9.70. The minimum Gasteiger partial charge on any atom is -0.350 e. The first-order valence-corrected chi connectivity index (χ1v) is 9.35. The molecule has 1 unspecified atom stereocenters. The molecule has 6 heteroatoms. The van der Waals surface area contributed by atoms with Crippen molar-refractivity contribution in [2.24, 2.45) is 7.05 Å². The summed E-state index contributed by atoms with van der Waals surface area (Å²) in [6.07, 6.45) is 5.94. The number of aryl methyl sites for hydroxylation is 1. The Labute approximate surface area is 157 Å². The second-order valence-electron chi connectivity index (χ2n) is 7.25. The van der Waals surface area contributed by atoms with Crippen molar-refractivity contribution in [1.29, 1.82) is 0 Å². The molecule has 4 heterocycles. The number of carbonyl (C=O) groups excluding carboxylic acids is 1. The summed E-state index contributed by atoms with van der Waals surface area (Å²) in [7, 11) is 1.99. The molecule has 136 valence electrons. The number of hydrogen-bond donors (Lipinski definition) is 0. The molecule has 1 aromatic carbocycles. The second kappa shape index (κ2) is 6.23. The lowest BCUT2D eigenvalue weighted by Gasteiger charge is -2.32. The number of hydrogen-bond acceptors (Lipinski definition) is 3. The fourth-order valence-electron chi connectivity index (χ4n) is 4.19. The van der Waals surface area contributed by atoms with Crippen LogP contribution in [-0.4, -0.2) is 43.1 Å². The molecule has 0 N–H and O–H groups in total. The lowest BCUT2D eigenvalue weighted by atomic mass is 9.96. The second-order valence-corrected chi connectivity index (χ2v) is 7.25. The fourth-order valence-corrected chi connectivity index (χ4v) is 4.19. The molecule has 0 radical (unpaired) electrons. The minimum atomic E-state index is 0.102. The number of para-hydroxylation sites is 1. The highest BCUT2D eigenvalue weighted by molar-refractivity contribution is 6.07. The van der Waals surface area contributed by atoms with Gasteiger partial charge in [-0.2, -0.15) is 0 Å². The normalized spacial score (nSPS) is 17.7. The SMILES string of the molecule is Cn1cc(C(=O)N2CCCC(c3nnc4ccccn34)C2)c2ccccc21. The van der Waals surface area contributed by atoms with Crippen molar-refractivity contribution in [1.82, 2.24) is 24.1 Å². The van der Waals surface area contributed by atoms with Gasteiger partial charge in [0.25, 0.3) is 5.91 Å². The molecule has 1 aliphatic heterocycles. The van der Waals surface area contributed by atoms with Crippen LogP contribution in [0.1, 0.15) is 34.9 Å². The monoisotopic (exact) mass is 359 g/mol. The number of carbonyl (C=O) groups is 1. The summed E-state index contributed by atoms with van der Waals surface area (Å²) >= 11 is 0. The van der Waals surface area contributed by atoms with Gasteiger partial charge in [0.1, 0.15) is 5.82 Å². The summed E-state index contributed by atoms with van der Waals surface area (Å²) in [5.41, 5.74) is 2.71. The number of aromatic nitrogens is 4. The Morgan fingerprint density at radius 1 is 1.11 bits per heavy atom. The first-order valence-electron chi connectivity index (χ1n) is 9.35. The van der Waals surface area contributed by atoms with Crippen molar-refractivity contribution in [3.63, 3.8) is 0 Å². The van der Waals surface area contributed by atoms with Crippen molar-refractivity contribution in [2.75, 3.05) is 13.1 Å². The van der Waals surface area contributed by atoms with E-state index in [1.807, 2.05) is 75.8 Å². The van der Waals surface area contributed by atoms with E-state index in [-0.39, 0.29) is 11.8 Å². The number of fused-ring (bicyclic) bond motifs is 2. The summed E-state index contributed by atoms with van der Waals surface area (Å²) in [5.74, 6) is 1.25. The number of amides is 1. The zero-order valence-corrected chi connectivity index (χ0v) is 15.2. The first-order chi connectivity index (χ1) is 13.2. The molecule has 5 rings (SSSR count). The van der Waals surface area contributed by atoms with Crippen LogP contribution in [0, 0.1) is 0 Å². The van der Waals surface area contributed by atoms with Gasteiger partial charge in [-0.3, -0.25) is 9.20 Å². The highest BCUT2D eigenvalue weighted by Crippen LogP contribution is 2.29. The largest absolute Gasteiger partial charge is 0.350 e. The summed E-state index contributed by atoms with van der Waals surface area (Å²) < 4.78 is 4.06. The lowest BCUT2D eigenvalue weighted by molar-refractivity contribution is 0.0706. The maximum Gasteiger partial charge on any atom is 0.256 e. The zero-order chi connectivity index (χ0) is 18.4. The molecule has 4 aromatic rings. The van der Waals surface area contributed by atoms with Crippen molar-refractivity contribution >= 4 is 22.5 Å². The van der Waals surface area contributed by atoms with E-state index >= 15 is 0 Å². The van der Waals surface area contributed by atoms with Gasteiger partial charge >= 0.3 is 0 Å². The Kier molecular flexibility index (Phi) is 3.70. The molecule has 0 spiro atoms. The molecular weight excluding hydrogens is 338 g/mol. The average Bonchev–Trinajstić information content (AvgIpc) is 3.29. The molecule has 1 aliphatic rings. The van der Waals surface area contributed by atoms with Gasteiger partial charge in [-0.15, -0.1) is 10.2 Å². The van der Waals surface area contributed by atoms with Crippen LogP contribution in [0.25, 0.3) is 16.6 Å². The van der Waals surface area contributed by atoms with Gasteiger partial charge in [0, 0.05) is 49.4 Å². The molecule has 0 aliphatic carbocycles. The number of nitrogens with zero attached hydrogens (tertiary/aromatic N) is 5. The summed E-state index contributed by atoms with van der Waals surface area (Å²) in [4.78, 5) is 15.2. The van der Waals surface area contributed by atoms with E-state index in [1.165, 1.54) is 0 Å². The molecule has 3 aromatic heterocycles. The number of piperidine rings is 1. The van der Waals surface area contributed by atoms with Crippen LogP contribution in [0.3, 0.4) is 0 Å². The van der Waals surface area contributed by atoms with E-state index in [0.717, 1.165) is 47.3 Å². The highest BCUT2D eigenvalue weighted by atomic mass is 16.2. The van der Waals surface area contributed by atoms with E-state index in [0.29, 0.717) is 6.54 Å². The fraction of sp³-hybridized carbons (Fsp3) is 0.286. The van der Waals surface area contributed by atoms with Gasteiger partial charge in [-0.05, 0) is 31.0 Å².